The molecular formula is C18H17N3O3S. The Labute approximate surface area is 148 Å². The van der Waals surface area contributed by atoms with Crippen molar-refractivity contribution in [1.82, 2.24) is 5.32 Å². The molecule has 2 aromatic rings. The number of imide groups is 1. The van der Waals surface area contributed by atoms with Crippen LogP contribution in [0.25, 0.3) is 6.08 Å². The lowest BCUT2D eigenvalue weighted by atomic mass is 10.1. The average Bonchev–Trinajstić information content (AvgIpc) is 3.13. The number of nitrogens with two attached hydrogens (primary N) is 1. The molecule has 3 rings (SSSR count). The van der Waals surface area contributed by atoms with Crippen molar-refractivity contribution in [3.8, 4) is 0 Å². The Balaban J connectivity index is 1.80. The predicted octanol–water partition coefficient (Wildman–Crippen LogP) is 2.70. The van der Waals surface area contributed by atoms with Crippen LogP contribution in [-0.4, -0.2) is 17.8 Å². The lowest BCUT2D eigenvalue weighted by Crippen LogP contribution is -2.35. The van der Waals surface area contributed by atoms with Crippen LogP contribution in [0.5, 0.6) is 0 Å². The van der Waals surface area contributed by atoms with E-state index in [4.69, 9.17) is 5.73 Å². The molecule has 1 aliphatic rings. The number of carbonyl (C=O) groups excluding carboxylic acids is 3. The number of thiophene rings is 1. The van der Waals surface area contributed by atoms with Crippen molar-refractivity contribution >= 4 is 40.3 Å². The number of hydrogen-bond acceptors (Lipinski definition) is 4. The fraction of sp³-hybridized carbons (Fsp3) is 0.167. The molecule has 0 spiro atoms. The molecule has 0 radical (unpaired) electrons. The van der Waals surface area contributed by atoms with Gasteiger partial charge in [0, 0.05) is 11.0 Å². The van der Waals surface area contributed by atoms with Crippen LogP contribution in [-0.2, 0) is 17.6 Å². The third-order valence-electron chi connectivity index (χ3n) is 3.85. The lowest BCUT2D eigenvalue weighted by molar-refractivity contribution is -0.111. The summed E-state index contributed by atoms with van der Waals surface area (Å²) in [6.07, 6.45) is 5.69. The molecule has 1 heterocycles. The normalized spacial score (nSPS) is 12.8. The molecular weight excluding hydrogens is 338 g/mol. The summed E-state index contributed by atoms with van der Waals surface area (Å²) in [4.78, 5) is 36.5. The summed E-state index contributed by atoms with van der Waals surface area (Å²) in [5.41, 5.74) is 7.18. The number of carbonyl (C=O) groups is 3. The lowest BCUT2D eigenvalue weighted by Gasteiger charge is -2.06. The maximum atomic E-state index is 12.3. The van der Waals surface area contributed by atoms with E-state index in [-0.39, 0.29) is 5.91 Å². The van der Waals surface area contributed by atoms with E-state index in [9.17, 15) is 14.4 Å². The van der Waals surface area contributed by atoms with E-state index in [0.29, 0.717) is 10.6 Å². The van der Waals surface area contributed by atoms with E-state index in [1.165, 1.54) is 17.4 Å². The summed E-state index contributed by atoms with van der Waals surface area (Å²) in [6.45, 7) is 0. The molecule has 0 saturated carbocycles. The molecule has 7 heteroatoms. The molecule has 6 nitrogen and oxygen atoms in total. The summed E-state index contributed by atoms with van der Waals surface area (Å²) in [5.74, 6) is -0.911. The minimum atomic E-state index is -0.913. The van der Waals surface area contributed by atoms with E-state index in [2.05, 4.69) is 10.6 Å². The summed E-state index contributed by atoms with van der Waals surface area (Å²) in [5, 5.41) is 5.28. The number of nitrogens with one attached hydrogen (secondary N) is 2. The van der Waals surface area contributed by atoms with Crippen LogP contribution in [0.3, 0.4) is 0 Å². The highest BCUT2D eigenvalue weighted by atomic mass is 32.1. The second-order valence-electron chi connectivity index (χ2n) is 5.61. The molecule has 0 aliphatic heterocycles. The largest absolute Gasteiger partial charge is 0.351 e. The molecule has 1 aromatic carbocycles. The Morgan fingerprint density at radius 2 is 1.88 bits per heavy atom. The minimum absolute atomic E-state index is 0.336. The molecule has 1 aromatic heterocycles. The highest BCUT2D eigenvalue weighted by Crippen LogP contribution is 2.39. The maximum absolute atomic E-state index is 12.3. The number of hydrogen-bond donors (Lipinski definition) is 3. The maximum Gasteiger partial charge on any atom is 0.319 e. The van der Waals surface area contributed by atoms with Gasteiger partial charge in [0.1, 0.15) is 5.00 Å². The number of urea groups is 1. The van der Waals surface area contributed by atoms with Gasteiger partial charge in [-0.2, -0.15) is 0 Å². The van der Waals surface area contributed by atoms with Gasteiger partial charge in [-0.15, -0.1) is 11.3 Å². The summed E-state index contributed by atoms with van der Waals surface area (Å²) in [7, 11) is 0. The molecule has 4 N–H and O–H groups in total. The Kier molecular flexibility index (Phi) is 4.95. The zero-order valence-electron chi connectivity index (χ0n) is 13.4. The number of fused-ring (bicyclic) bond motifs is 1. The molecule has 1 aliphatic carbocycles. The third-order valence-corrected chi connectivity index (χ3v) is 5.06. The van der Waals surface area contributed by atoms with Crippen molar-refractivity contribution in [3.63, 3.8) is 0 Å². The van der Waals surface area contributed by atoms with E-state index in [0.717, 1.165) is 35.3 Å². The SMILES string of the molecule is NC(=O)NC(=O)c1c(NC(=O)/C=C/c2ccccc2)sc2c1CCC2. The van der Waals surface area contributed by atoms with E-state index < -0.39 is 11.9 Å². The smallest absolute Gasteiger partial charge is 0.319 e. The van der Waals surface area contributed by atoms with Crippen LogP contribution < -0.4 is 16.4 Å². The van der Waals surface area contributed by atoms with Crippen LogP contribution >= 0.6 is 11.3 Å². The van der Waals surface area contributed by atoms with Crippen LogP contribution in [0.2, 0.25) is 0 Å². The summed E-state index contributed by atoms with van der Waals surface area (Å²) < 4.78 is 0. The Hall–Kier alpha value is -2.93. The summed E-state index contributed by atoms with van der Waals surface area (Å²) in [6, 6.07) is 8.52. The fourth-order valence-corrected chi connectivity index (χ4v) is 4.09. The fourth-order valence-electron chi connectivity index (χ4n) is 2.80. The third kappa shape index (κ3) is 3.95. The molecule has 0 fully saturated rings. The topological polar surface area (TPSA) is 101 Å². The van der Waals surface area contributed by atoms with Crippen molar-refractivity contribution in [1.29, 1.82) is 0 Å². The standard InChI is InChI=1S/C18H17N3O3S/c19-18(24)21-16(23)15-12-7-4-8-13(12)25-17(15)20-14(22)10-9-11-5-2-1-3-6-11/h1-3,5-6,9-10H,4,7-8H2,(H,20,22)(H3,19,21,23,24)/b10-9+. The van der Waals surface area contributed by atoms with Crippen molar-refractivity contribution in [2.45, 2.75) is 19.3 Å². The first-order valence-electron chi connectivity index (χ1n) is 7.84. The first-order valence-corrected chi connectivity index (χ1v) is 8.65. The number of amides is 4. The van der Waals surface area contributed by atoms with Crippen LogP contribution in [0.15, 0.2) is 36.4 Å². The molecule has 128 valence electrons. The monoisotopic (exact) mass is 355 g/mol. The van der Waals surface area contributed by atoms with Gasteiger partial charge in [-0.1, -0.05) is 30.3 Å². The Morgan fingerprint density at radius 1 is 1.12 bits per heavy atom. The van der Waals surface area contributed by atoms with E-state index in [1.54, 1.807) is 6.08 Å². The molecule has 0 unspecified atom stereocenters. The van der Waals surface area contributed by atoms with Gasteiger partial charge >= 0.3 is 6.03 Å². The highest BCUT2D eigenvalue weighted by Gasteiger charge is 2.27. The van der Waals surface area contributed by atoms with Gasteiger partial charge < -0.3 is 11.1 Å². The highest BCUT2D eigenvalue weighted by molar-refractivity contribution is 7.17. The number of aryl methyl sites for hydroxylation is 1. The van der Waals surface area contributed by atoms with Gasteiger partial charge in [0.25, 0.3) is 5.91 Å². The zero-order chi connectivity index (χ0) is 17.8. The molecule has 0 bridgehead atoms. The second-order valence-corrected chi connectivity index (χ2v) is 6.72. The van der Waals surface area contributed by atoms with Gasteiger partial charge in [0.15, 0.2) is 0 Å². The number of primary amides is 1. The van der Waals surface area contributed by atoms with E-state index >= 15 is 0 Å². The van der Waals surface area contributed by atoms with Crippen molar-refractivity contribution < 1.29 is 14.4 Å². The quantitative estimate of drug-likeness (QED) is 0.735. The minimum Gasteiger partial charge on any atom is -0.351 e. The van der Waals surface area contributed by atoms with Crippen LogP contribution in [0.1, 0.15) is 32.8 Å². The molecule has 0 saturated heterocycles. The van der Waals surface area contributed by atoms with Crippen LogP contribution in [0, 0.1) is 0 Å². The average molecular weight is 355 g/mol. The van der Waals surface area contributed by atoms with Gasteiger partial charge in [0.2, 0.25) is 5.91 Å². The molecule has 25 heavy (non-hydrogen) atoms. The van der Waals surface area contributed by atoms with Gasteiger partial charge in [-0.25, -0.2) is 4.79 Å². The first-order chi connectivity index (χ1) is 12.0. The second kappa shape index (κ2) is 7.31. The molecule has 4 amide bonds. The van der Waals surface area contributed by atoms with Crippen LogP contribution in [0.4, 0.5) is 9.80 Å². The van der Waals surface area contributed by atoms with Gasteiger partial charge in [-0.05, 0) is 36.5 Å². The van der Waals surface area contributed by atoms with Crippen molar-refractivity contribution in [3.05, 3.63) is 58.0 Å². The first kappa shape index (κ1) is 16.9. The van der Waals surface area contributed by atoms with Crippen molar-refractivity contribution in [2.75, 3.05) is 5.32 Å². The number of rotatable bonds is 4. The zero-order valence-corrected chi connectivity index (χ0v) is 14.2. The number of anilines is 1. The Bertz CT molecular complexity index is 856. The van der Waals surface area contributed by atoms with Gasteiger partial charge in [0.05, 0.1) is 5.56 Å². The van der Waals surface area contributed by atoms with Crippen molar-refractivity contribution in [2.24, 2.45) is 5.73 Å². The molecule has 0 atom stereocenters. The summed E-state index contributed by atoms with van der Waals surface area (Å²) >= 11 is 1.38. The van der Waals surface area contributed by atoms with Gasteiger partial charge in [-0.3, -0.25) is 14.9 Å². The van der Waals surface area contributed by atoms with E-state index in [1.807, 2.05) is 30.3 Å². The number of benzene rings is 1. The Morgan fingerprint density at radius 3 is 2.60 bits per heavy atom. The predicted molar refractivity (Wildman–Crippen MR) is 97.5 cm³/mol.